The molecule has 14 nitrogen and oxygen atoms in total. The Labute approximate surface area is 294 Å². The molecule has 1 aromatic heterocycles. The van der Waals surface area contributed by atoms with E-state index < -0.39 is 106 Å². The van der Waals surface area contributed by atoms with Crippen molar-refractivity contribution in [2.24, 2.45) is 23.7 Å². The highest BCUT2D eigenvalue weighted by Crippen LogP contribution is 2.51. The zero-order valence-corrected chi connectivity index (χ0v) is 30.0. The fraction of sp³-hybridized carbons (Fsp3) is 0.568. The van der Waals surface area contributed by atoms with Crippen LogP contribution in [0.3, 0.4) is 0 Å². The van der Waals surface area contributed by atoms with Gasteiger partial charge in [-0.3, -0.25) is 19.2 Å². The first-order valence-electron chi connectivity index (χ1n) is 16.9. The summed E-state index contributed by atoms with van der Waals surface area (Å²) >= 11 is 0. The first-order valence-corrected chi connectivity index (χ1v) is 16.9. The van der Waals surface area contributed by atoms with Gasteiger partial charge in [-0.15, -0.1) is 0 Å². The predicted octanol–water partition coefficient (Wildman–Crippen LogP) is 2.43. The van der Waals surface area contributed by atoms with Crippen LogP contribution in [0, 0.1) is 30.6 Å². The number of methoxy groups -OCH3 is 1. The molecule has 0 radical (unpaired) electrons. The number of phenols is 1. The fourth-order valence-corrected chi connectivity index (χ4v) is 7.87. The number of nitrogens with one attached hydrogen (secondary N) is 1. The lowest BCUT2D eigenvalue weighted by Gasteiger charge is -2.51. The van der Waals surface area contributed by atoms with E-state index in [1.54, 1.807) is 13.0 Å². The summed E-state index contributed by atoms with van der Waals surface area (Å²) in [6.45, 7) is 11.5. The number of aliphatic hydroxyl groups is 5. The number of aromatic hydroxyl groups is 1. The summed E-state index contributed by atoms with van der Waals surface area (Å²) in [7, 11) is 1.12. The van der Waals surface area contributed by atoms with Gasteiger partial charge >= 0.3 is 5.97 Å². The third-order valence-electron chi connectivity index (χ3n) is 11.2. The topological polar surface area (TPSA) is 233 Å². The zero-order chi connectivity index (χ0) is 38.2. The number of anilines is 1. The van der Waals surface area contributed by atoms with Crippen LogP contribution in [-0.2, 0) is 19.1 Å². The van der Waals surface area contributed by atoms with Crippen LogP contribution in [-0.4, -0.2) is 103 Å². The minimum absolute atomic E-state index is 0.0662. The van der Waals surface area contributed by atoms with Crippen LogP contribution in [0.1, 0.15) is 86.4 Å². The summed E-state index contributed by atoms with van der Waals surface area (Å²) < 4.78 is 17.8. The van der Waals surface area contributed by atoms with E-state index in [2.05, 4.69) is 5.32 Å². The average molecular weight is 714 g/mol. The number of fused-ring (bicyclic) bond motifs is 5. The van der Waals surface area contributed by atoms with Crippen molar-refractivity contribution >= 4 is 40.1 Å². The highest BCUT2D eigenvalue weighted by Gasteiger charge is 2.59. The van der Waals surface area contributed by atoms with Gasteiger partial charge in [-0.05, 0) is 27.7 Å². The molecule has 3 aliphatic rings. The average Bonchev–Trinajstić information content (AvgIpc) is 3.48. The van der Waals surface area contributed by atoms with E-state index in [-0.39, 0.29) is 39.1 Å². The maximum Gasteiger partial charge on any atom is 0.313 e. The van der Waals surface area contributed by atoms with Crippen LogP contribution in [0.15, 0.2) is 28.2 Å². The van der Waals surface area contributed by atoms with E-state index >= 15 is 0 Å². The molecule has 1 fully saturated rings. The molecule has 7 N–H and O–H groups in total. The summed E-state index contributed by atoms with van der Waals surface area (Å²) in [6, 6.07) is 0. The van der Waals surface area contributed by atoms with Crippen LogP contribution in [0.25, 0.3) is 11.0 Å². The molecule has 0 saturated carbocycles. The van der Waals surface area contributed by atoms with E-state index in [0.717, 1.165) is 14.0 Å². The Hall–Kier alpha value is -3.92. The molecule has 3 heterocycles. The van der Waals surface area contributed by atoms with Crippen molar-refractivity contribution in [1.82, 2.24) is 0 Å². The monoisotopic (exact) mass is 713 g/mol. The number of aryl methyl sites for hydroxylation is 1. The van der Waals surface area contributed by atoms with Gasteiger partial charge in [0.2, 0.25) is 11.6 Å². The van der Waals surface area contributed by atoms with E-state index in [0.29, 0.717) is 0 Å². The van der Waals surface area contributed by atoms with E-state index in [4.69, 9.17) is 13.9 Å². The predicted molar refractivity (Wildman–Crippen MR) is 182 cm³/mol. The van der Waals surface area contributed by atoms with E-state index in [1.807, 2.05) is 0 Å². The molecule has 5 bridgehead atoms. The lowest BCUT2D eigenvalue weighted by molar-refractivity contribution is -0.266. The molecule has 2 aromatic rings. The van der Waals surface area contributed by atoms with Gasteiger partial charge in [0.05, 0.1) is 54.4 Å². The number of allylic oxidation sites excluding steroid dienone is 2. The van der Waals surface area contributed by atoms with Gasteiger partial charge < -0.3 is 49.8 Å². The molecule has 12 atom stereocenters. The first-order chi connectivity index (χ1) is 23.6. The number of aliphatic hydroxyl groups excluding tert-OH is 3. The third-order valence-corrected chi connectivity index (χ3v) is 11.2. The largest absolute Gasteiger partial charge is 0.505 e. The number of ether oxygens (including phenoxy) is 2. The summed E-state index contributed by atoms with van der Waals surface area (Å²) in [5, 5.41) is 71.6. The molecule has 1 aromatic carbocycles. The quantitative estimate of drug-likeness (QED) is 0.128. The number of hydrogen-bond acceptors (Lipinski definition) is 13. The molecule has 278 valence electrons. The van der Waals surface area contributed by atoms with Crippen molar-refractivity contribution in [3.63, 3.8) is 0 Å². The van der Waals surface area contributed by atoms with Crippen LogP contribution >= 0.6 is 0 Å². The molecule has 14 heteroatoms. The molecule has 5 rings (SSSR count). The molecule has 2 unspecified atom stereocenters. The molecule has 2 aliphatic heterocycles. The summed E-state index contributed by atoms with van der Waals surface area (Å²) in [5.74, 6) is -9.84. The SMILES string of the molecule is COC(=O)[C@@H]1[C@H](O)[C@H](C)[C@H](O)[C@H](C)/C=C\C=C(/C)C(=O)Nc2c(O)c3c4c(c(oc4c2C)C(C)[C@H]2O[C@H]1[C@H](C)[C@@H](O)[C@]2(C)O)C(=O)C(C)(O)C3=O. The molecular weight excluding hydrogens is 666 g/mol. The Balaban J connectivity index is 1.83. The van der Waals surface area contributed by atoms with Crippen LogP contribution < -0.4 is 5.32 Å². The Morgan fingerprint density at radius 2 is 1.55 bits per heavy atom. The van der Waals surface area contributed by atoms with Gasteiger partial charge in [0.15, 0.2) is 11.4 Å². The molecular formula is C37H47NO13. The molecule has 1 amide bonds. The van der Waals surface area contributed by atoms with E-state index in [1.165, 1.54) is 53.7 Å². The van der Waals surface area contributed by atoms with Gasteiger partial charge in [-0.1, -0.05) is 45.9 Å². The lowest BCUT2D eigenvalue weighted by atomic mass is 9.69. The minimum Gasteiger partial charge on any atom is -0.505 e. The Kier molecular flexibility index (Phi) is 9.95. The number of esters is 1. The minimum atomic E-state index is -2.68. The van der Waals surface area contributed by atoms with Crippen molar-refractivity contribution in [3.8, 4) is 5.75 Å². The Morgan fingerprint density at radius 3 is 2.16 bits per heavy atom. The highest BCUT2D eigenvalue weighted by molar-refractivity contribution is 6.35. The number of benzene rings is 1. The third kappa shape index (κ3) is 5.82. The van der Waals surface area contributed by atoms with Crippen molar-refractivity contribution in [2.75, 3.05) is 12.4 Å². The number of ketones is 2. The van der Waals surface area contributed by atoms with Gasteiger partial charge in [-0.25, -0.2) is 0 Å². The highest BCUT2D eigenvalue weighted by atomic mass is 16.5. The zero-order valence-electron chi connectivity index (χ0n) is 30.0. The summed E-state index contributed by atoms with van der Waals surface area (Å²) in [5.41, 5.74) is -5.46. The van der Waals surface area contributed by atoms with Crippen molar-refractivity contribution < 1.29 is 63.7 Å². The van der Waals surface area contributed by atoms with Crippen molar-refractivity contribution in [2.45, 2.75) is 103 Å². The number of furan rings is 1. The number of rotatable bonds is 1. The smallest absolute Gasteiger partial charge is 0.313 e. The second kappa shape index (κ2) is 13.2. The van der Waals surface area contributed by atoms with Gasteiger partial charge in [0.25, 0.3) is 5.91 Å². The number of hydrogen-bond donors (Lipinski definition) is 7. The number of carbonyl (C=O) groups excluding carboxylic acids is 4. The van der Waals surface area contributed by atoms with Crippen LogP contribution in [0.2, 0.25) is 0 Å². The number of amides is 1. The Bertz CT molecular complexity index is 1850. The standard InChI is InChI=1S/C37H47NO13/c1-13-11-10-12-14(2)34(45)38-23-15(3)27-19-20(26(23)41)31(43)36(7,47)32(44)21(19)29(50-27)18(6)33-37(8,48)30(42)17(5)28(51-33)22(35(46)49-9)25(40)16(4)24(13)39/h10-13,16-18,22,24-25,28,30,33,39-42,47-48H,1-9H3,(H,38,45)/b11-10-,14-12+/t13-,16-,17+,18?,22-,24-,25-,28+,30-,33-,36?,37+/m1/s1. The van der Waals surface area contributed by atoms with E-state index in [9.17, 15) is 49.8 Å². The van der Waals surface area contributed by atoms with Crippen LogP contribution in [0.4, 0.5) is 5.69 Å². The second-order valence-corrected chi connectivity index (χ2v) is 14.8. The number of phenolic OH excluding ortho intramolecular Hbond substituents is 1. The molecule has 51 heavy (non-hydrogen) atoms. The van der Waals surface area contributed by atoms with Gasteiger partial charge in [0, 0.05) is 40.2 Å². The van der Waals surface area contributed by atoms with Gasteiger partial charge in [-0.2, -0.15) is 0 Å². The van der Waals surface area contributed by atoms with Gasteiger partial charge in [0.1, 0.15) is 22.9 Å². The first kappa shape index (κ1) is 38.3. The Morgan fingerprint density at radius 1 is 0.941 bits per heavy atom. The lowest BCUT2D eigenvalue weighted by Crippen LogP contribution is -2.65. The van der Waals surface area contributed by atoms with Crippen LogP contribution in [0.5, 0.6) is 5.75 Å². The van der Waals surface area contributed by atoms with Crippen molar-refractivity contribution in [1.29, 1.82) is 0 Å². The normalized spacial score (nSPS) is 39.4. The van der Waals surface area contributed by atoms with Crippen molar-refractivity contribution in [3.05, 3.63) is 46.3 Å². The maximum absolute atomic E-state index is 13.9. The fourth-order valence-electron chi connectivity index (χ4n) is 7.87. The number of carbonyl (C=O) groups is 4. The molecule has 1 aliphatic carbocycles. The maximum atomic E-state index is 13.9. The molecule has 0 spiro atoms. The number of Topliss-reactive ketones (excluding diaryl/α,β-unsaturated/α-hetero) is 2. The second-order valence-electron chi connectivity index (χ2n) is 14.8. The molecule has 1 saturated heterocycles. The summed E-state index contributed by atoms with van der Waals surface area (Å²) in [4.78, 5) is 54.3. The summed E-state index contributed by atoms with van der Waals surface area (Å²) in [6.07, 6.45) is -2.59.